The fourth-order valence-electron chi connectivity index (χ4n) is 2.17. The van der Waals surface area contributed by atoms with Crippen LogP contribution in [0.2, 0.25) is 0 Å². The van der Waals surface area contributed by atoms with E-state index in [0.29, 0.717) is 13.1 Å². The molecule has 0 aliphatic heterocycles. The topological polar surface area (TPSA) is 59.2 Å². The average Bonchev–Trinajstić information content (AvgIpc) is 2.50. The van der Waals surface area contributed by atoms with Crippen molar-refractivity contribution in [1.82, 2.24) is 9.88 Å². The van der Waals surface area contributed by atoms with Gasteiger partial charge in [-0.25, -0.2) is 0 Å². The van der Waals surface area contributed by atoms with E-state index in [0.717, 1.165) is 11.1 Å². The lowest BCUT2D eigenvalue weighted by Crippen LogP contribution is -2.34. The first kappa shape index (κ1) is 14.2. The van der Waals surface area contributed by atoms with Gasteiger partial charge in [0.2, 0.25) is 5.91 Å². The Labute approximate surface area is 119 Å². The van der Waals surface area contributed by atoms with Crippen LogP contribution in [0.3, 0.4) is 0 Å². The fourth-order valence-corrected chi connectivity index (χ4v) is 2.17. The molecule has 4 nitrogen and oxygen atoms in total. The molecule has 0 bridgehead atoms. The number of aromatic nitrogens is 1. The van der Waals surface area contributed by atoms with Gasteiger partial charge in [-0.2, -0.15) is 0 Å². The summed E-state index contributed by atoms with van der Waals surface area (Å²) in [7, 11) is 1.79. The number of rotatable bonds is 5. The van der Waals surface area contributed by atoms with Crippen molar-refractivity contribution in [2.75, 3.05) is 13.6 Å². The third-order valence-corrected chi connectivity index (χ3v) is 3.25. The standard InChI is InChI=1S/C16H19N3O/c1-19(12-13-6-5-9-18-11-13)16(20)15(10-17)14-7-3-2-4-8-14/h2-9,11,15H,10,12,17H2,1H3. The summed E-state index contributed by atoms with van der Waals surface area (Å²) in [6.45, 7) is 0.843. The van der Waals surface area contributed by atoms with Crippen molar-refractivity contribution in [3.8, 4) is 0 Å². The Bertz CT molecular complexity index is 542. The number of hydrogen-bond donors (Lipinski definition) is 1. The molecule has 1 heterocycles. The van der Waals surface area contributed by atoms with E-state index in [2.05, 4.69) is 4.98 Å². The Kier molecular flexibility index (Phi) is 4.85. The summed E-state index contributed by atoms with van der Waals surface area (Å²) in [5, 5.41) is 0. The van der Waals surface area contributed by atoms with Gasteiger partial charge in [0, 0.05) is 32.5 Å². The van der Waals surface area contributed by atoms with Crippen LogP contribution in [0.1, 0.15) is 17.0 Å². The molecular formula is C16H19N3O. The van der Waals surface area contributed by atoms with Crippen molar-refractivity contribution in [1.29, 1.82) is 0 Å². The quantitative estimate of drug-likeness (QED) is 0.900. The molecule has 1 unspecified atom stereocenters. The number of benzene rings is 1. The lowest BCUT2D eigenvalue weighted by Gasteiger charge is -2.23. The van der Waals surface area contributed by atoms with Crippen LogP contribution in [0.15, 0.2) is 54.9 Å². The zero-order valence-electron chi connectivity index (χ0n) is 11.6. The van der Waals surface area contributed by atoms with Crippen molar-refractivity contribution in [3.05, 3.63) is 66.0 Å². The maximum absolute atomic E-state index is 12.5. The molecule has 0 radical (unpaired) electrons. The molecule has 20 heavy (non-hydrogen) atoms. The van der Waals surface area contributed by atoms with Gasteiger partial charge in [0.1, 0.15) is 0 Å². The largest absolute Gasteiger partial charge is 0.341 e. The fraction of sp³-hybridized carbons (Fsp3) is 0.250. The number of carbonyl (C=O) groups excluding carboxylic acids is 1. The molecule has 0 aliphatic rings. The van der Waals surface area contributed by atoms with Crippen LogP contribution in [-0.4, -0.2) is 29.4 Å². The average molecular weight is 269 g/mol. The molecule has 1 aromatic carbocycles. The maximum atomic E-state index is 12.5. The molecule has 1 aromatic heterocycles. The van der Waals surface area contributed by atoms with Gasteiger partial charge in [-0.1, -0.05) is 36.4 Å². The minimum absolute atomic E-state index is 0.0301. The molecule has 4 heteroatoms. The Morgan fingerprint density at radius 3 is 2.60 bits per heavy atom. The van der Waals surface area contributed by atoms with Crippen molar-refractivity contribution >= 4 is 5.91 Å². The lowest BCUT2D eigenvalue weighted by molar-refractivity contribution is -0.131. The Hall–Kier alpha value is -2.20. The highest BCUT2D eigenvalue weighted by Crippen LogP contribution is 2.17. The molecule has 2 N–H and O–H groups in total. The zero-order valence-corrected chi connectivity index (χ0v) is 11.6. The van der Waals surface area contributed by atoms with Crippen LogP contribution in [0.25, 0.3) is 0 Å². The molecule has 2 rings (SSSR count). The minimum atomic E-state index is -0.294. The molecule has 0 aliphatic carbocycles. The van der Waals surface area contributed by atoms with Gasteiger partial charge >= 0.3 is 0 Å². The predicted molar refractivity (Wildman–Crippen MR) is 78.9 cm³/mol. The van der Waals surface area contributed by atoms with E-state index in [9.17, 15) is 4.79 Å². The molecule has 0 saturated carbocycles. The summed E-state index contributed by atoms with van der Waals surface area (Å²) in [4.78, 5) is 18.3. The monoisotopic (exact) mass is 269 g/mol. The van der Waals surface area contributed by atoms with Gasteiger partial charge in [0.15, 0.2) is 0 Å². The third kappa shape index (κ3) is 3.42. The number of amides is 1. The second-order valence-corrected chi connectivity index (χ2v) is 4.75. The van der Waals surface area contributed by atoms with Crippen LogP contribution in [0, 0.1) is 0 Å². The van der Waals surface area contributed by atoms with E-state index >= 15 is 0 Å². The van der Waals surface area contributed by atoms with Crippen molar-refractivity contribution in [3.63, 3.8) is 0 Å². The van der Waals surface area contributed by atoms with Gasteiger partial charge in [-0.15, -0.1) is 0 Å². The van der Waals surface area contributed by atoms with E-state index in [4.69, 9.17) is 5.73 Å². The van der Waals surface area contributed by atoms with Gasteiger partial charge < -0.3 is 10.6 Å². The SMILES string of the molecule is CN(Cc1cccnc1)C(=O)C(CN)c1ccccc1. The van der Waals surface area contributed by atoms with Crippen LogP contribution < -0.4 is 5.73 Å². The van der Waals surface area contributed by atoms with E-state index in [1.54, 1.807) is 24.3 Å². The molecule has 2 aromatic rings. The Balaban J connectivity index is 2.09. The van der Waals surface area contributed by atoms with Crippen LogP contribution in [0.5, 0.6) is 0 Å². The van der Waals surface area contributed by atoms with E-state index in [1.165, 1.54) is 0 Å². The number of pyridine rings is 1. The molecule has 0 spiro atoms. The summed E-state index contributed by atoms with van der Waals surface area (Å²) >= 11 is 0. The smallest absolute Gasteiger partial charge is 0.231 e. The van der Waals surface area contributed by atoms with Crippen LogP contribution in [0.4, 0.5) is 0 Å². The van der Waals surface area contributed by atoms with Crippen molar-refractivity contribution in [2.45, 2.75) is 12.5 Å². The number of carbonyl (C=O) groups is 1. The lowest BCUT2D eigenvalue weighted by atomic mass is 9.98. The van der Waals surface area contributed by atoms with Crippen molar-refractivity contribution in [2.24, 2.45) is 5.73 Å². The number of nitrogens with two attached hydrogens (primary N) is 1. The summed E-state index contributed by atoms with van der Waals surface area (Å²) < 4.78 is 0. The number of nitrogens with zero attached hydrogens (tertiary/aromatic N) is 2. The molecule has 0 fully saturated rings. The second-order valence-electron chi connectivity index (χ2n) is 4.75. The maximum Gasteiger partial charge on any atom is 0.231 e. The Morgan fingerprint density at radius 2 is 2.00 bits per heavy atom. The van der Waals surface area contributed by atoms with Gasteiger partial charge in [-0.3, -0.25) is 9.78 Å². The normalized spacial score (nSPS) is 11.9. The van der Waals surface area contributed by atoms with Gasteiger partial charge in [0.25, 0.3) is 0 Å². The summed E-state index contributed by atoms with van der Waals surface area (Å²) in [6.07, 6.45) is 3.49. The van der Waals surface area contributed by atoms with E-state index < -0.39 is 0 Å². The third-order valence-electron chi connectivity index (χ3n) is 3.25. The van der Waals surface area contributed by atoms with Gasteiger partial charge in [0.05, 0.1) is 5.92 Å². The van der Waals surface area contributed by atoms with Crippen molar-refractivity contribution < 1.29 is 4.79 Å². The highest BCUT2D eigenvalue weighted by molar-refractivity contribution is 5.83. The molecule has 104 valence electrons. The highest BCUT2D eigenvalue weighted by atomic mass is 16.2. The summed E-state index contributed by atoms with van der Waals surface area (Å²) in [6, 6.07) is 13.5. The predicted octanol–water partition coefficient (Wildman–Crippen LogP) is 1.78. The summed E-state index contributed by atoms with van der Waals surface area (Å²) in [5.74, 6) is -0.263. The highest BCUT2D eigenvalue weighted by Gasteiger charge is 2.22. The number of likely N-dealkylation sites (N-methyl/N-ethyl adjacent to an activating group) is 1. The first-order chi connectivity index (χ1) is 9.72. The molecule has 1 atom stereocenters. The first-order valence-corrected chi connectivity index (χ1v) is 6.61. The zero-order chi connectivity index (χ0) is 14.4. The number of hydrogen-bond acceptors (Lipinski definition) is 3. The van der Waals surface area contributed by atoms with E-state index in [1.807, 2.05) is 42.5 Å². The van der Waals surface area contributed by atoms with Crippen LogP contribution >= 0.6 is 0 Å². The second kappa shape index (κ2) is 6.82. The van der Waals surface area contributed by atoms with Crippen LogP contribution in [-0.2, 0) is 11.3 Å². The van der Waals surface area contributed by atoms with E-state index in [-0.39, 0.29) is 11.8 Å². The van der Waals surface area contributed by atoms with Gasteiger partial charge in [-0.05, 0) is 17.2 Å². The minimum Gasteiger partial charge on any atom is -0.341 e. The summed E-state index contributed by atoms with van der Waals surface area (Å²) in [5.41, 5.74) is 7.74. The Morgan fingerprint density at radius 1 is 1.25 bits per heavy atom. The molecular weight excluding hydrogens is 250 g/mol. The first-order valence-electron chi connectivity index (χ1n) is 6.61. The molecule has 0 saturated heterocycles. The molecule has 1 amide bonds.